The quantitative estimate of drug-likeness (QED) is 0.0736. The summed E-state index contributed by atoms with van der Waals surface area (Å²) in [6.07, 6.45) is 0. The molecule has 0 aliphatic rings. The van der Waals surface area contributed by atoms with E-state index in [1.165, 1.54) is 0 Å². The molecule has 0 atom stereocenters. The minimum absolute atomic E-state index is 0.376. The summed E-state index contributed by atoms with van der Waals surface area (Å²) in [5.74, 6) is 0. The van der Waals surface area contributed by atoms with Gasteiger partial charge in [0.1, 0.15) is 0 Å². The van der Waals surface area contributed by atoms with Crippen LogP contribution in [0.15, 0.2) is 76.9 Å². The molecule has 0 spiro atoms. The molecule has 0 unspecified atom stereocenters. The Labute approximate surface area is 315 Å². The van der Waals surface area contributed by atoms with Gasteiger partial charge in [-0.2, -0.15) is 0 Å². The van der Waals surface area contributed by atoms with Gasteiger partial charge >= 0.3 is 0 Å². The van der Waals surface area contributed by atoms with Crippen LogP contribution >= 0.6 is 177 Å². The van der Waals surface area contributed by atoms with Gasteiger partial charge in [0.15, 0.2) is 0 Å². The third-order valence-corrected chi connectivity index (χ3v) is 13.2. The number of nitrogens with one attached hydrogen (secondary N) is 2. The molecule has 0 aliphatic heterocycles. The van der Waals surface area contributed by atoms with E-state index in [9.17, 15) is 0 Å². The van der Waals surface area contributed by atoms with E-state index in [4.69, 9.17) is 81.5 Å². The third-order valence-electron chi connectivity index (χ3n) is 6.25. The van der Waals surface area contributed by atoms with Gasteiger partial charge in [-0.15, -0.1) is 152 Å². The maximum absolute atomic E-state index is 6.22. The molecular weight excluding hydrogens is 779 g/mol. The molecule has 0 fully saturated rings. The van der Waals surface area contributed by atoms with Crippen LogP contribution in [0.2, 0.25) is 0 Å². The van der Waals surface area contributed by atoms with Crippen molar-refractivity contribution >= 4 is 194 Å². The zero-order valence-corrected chi connectivity index (χ0v) is 32.6. The smallest absolute Gasteiger partial charge is 0.0731 e. The predicted octanol–water partition coefficient (Wildman–Crippen LogP) is 10.2. The van der Waals surface area contributed by atoms with Crippen molar-refractivity contribution in [2.75, 3.05) is 15.2 Å². The lowest BCUT2D eigenvalue weighted by molar-refractivity contribution is 1.11. The second-order valence-electron chi connectivity index (χ2n) is 8.49. The maximum atomic E-state index is 6.22. The molecule has 17 heteroatoms. The first-order valence-electron chi connectivity index (χ1n) is 10.9. The van der Waals surface area contributed by atoms with E-state index in [2.05, 4.69) is 111 Å². The Balaban J connectivity index is 2.22. The molecule has 0 saturated carbocycles. The van der Waals surface area contributed by atoms with Crippen molar-refractivity contribution in [2.45, 2.75) is 58.7 Å². The number of benzene rings is 4. The van der Waals surface area contributed by atoms with E-state index < -0.39 is 0 Å². The molecule has 4 rings (SSSR count). The Hall–Kier alpha value is 1.18. The zero-order valence-electron chi connectivity index (χ0n) is 20.1. The van der Waals surface area contributed by atoms with Crippen molar-refractivity contribution in [2.24, 2.45) is 0 Å². The zero-order chi connectivity index (χ0) is 30.7. The van der Waals surface area contributed by atoms with Gasteiger partial charge in [0.05, 0.1) is 17.1 Å². The lowest BCUT2D eigenvalue weighted by Crippen LogP contribution is -1.98. The minimum Gasteiger partial charge on any atom is -0.397 e. The molecule has 0 amide bonds. The van der Waals surface area contributed by atoms with Crippen molar-refractivity contribution in [1.29, 1.82) is 0 Å². The Morgan fingerprint density at radius 1 is 0.366 bits per heavy atom. The molecule has 216 valence electrons. The van der Waals surface area contributed by atoms with Crippen LogP contribution in [0, 0.1) is 0 Å². The molecule has 0 saturated heterocycles. The van der Waals surface area contributed by atoms with Crippen LogP contribution in [0.5, 0.6) is 0 Å². The second-order valence-corrected chi connectivity index (χ2v) is 14.3. The molecule has 0 aliphatic carbocycles. The molecule has 0 radical (unpaired) electrons. The highest BCUT2D eigenvalue weighted by Gasteiger charge is 2.24. The topological polar surface area (TPSA) is 50.1 Å². The maximum Gasteiger partial charge on any atom is 0.0731 e. The third kappa shape index (κ3) is 6.17. The highest BCUT2D eigenvalue weighted by Crippen LogP contribution is 2.52. The van der Waals surface area contributed by atoms with Crippen LogP contribution in [0.1, 0.15) is 0 Å². The Bertz CT molecular complexity index is 1580. The molecule has 4 N–H and O–H groups in total. The first-order valence-corrected chi connectivity index (χ1v) is 17.2. The normalized spacial score (nSPS) is 11.3. The fourth-order valence-corrected chi connectivity index (χ4v) is 9.23. The number of nitrogens with two attached hydrogens (primary N) is 1. The van der Waals surface area contributed by atoms with E-state index in [1.807, 2.05) is 18.2 Å². The Morgan fingerprint density at radius 3 is 0.805 bits per heavy atom. The number of thiol groups is 14. The molecule has 0 heterocycles. The summed E-state index contributed by atoms with van der Waals surface area (Å²) in [4.78, 5) is 6.45. The summed E-state index contributed by atoms with van der Waals surface area (Å²) in [5, 5.41) is 0. The molecule has 3 nitrogen and oxygen atoms in total. The van der Waals surface area contributed by atoms with E-state index in [-0.39, 0.29) is 0 Å². The van der Waals surface area contributed by atoms with Gasteiger partial charge in [-0.3, -0.25) is 0 Å². The van der Waals surface area contributed by atoms with Crippen molar-refractivity contribution in [3.05, 3.63) is 18.2 Å². The lowest BCUT2D eigenvalue weighted by Gasteiger charge is -2.22. The molecule has 0 bridgehead atoms. The lowest BCUT2D eigenvalue weighted by atomic mass is 9.92. The molecule has 0 aromatic heterocycles. The summed E-state index contributed by atoms with van der Waals surface area (Å²) in [5.41, 5.74) is 12.0. The standard InChI is InChI=1S/C24H21N3S14/c25-10-19(34)13(28)7(14(29)20(10)35)4-1-5(8-15(30)21(36)11(26-40)22(37)16(8)31)3-6(2-4)9-17(32)23(38)12(27-41)24(39)18(9)33/h1-3,26-41H,25H2. The highest BCUT2D eigenvalue weighted by atomic mass is 32.1. The minimum atomic E-state index is 0.376. The van der Waals surface area contributed by atoms with Gasteiger partial charge in [0, 0.05) is 75.4 Å². The van der Waals surface area contributed by atoms with E-state index in [0.29, 0.717) is 92.5 Å². The van der Waals surface area contributed by atoms with Gasteiger partial charge in [-0.25, -0.2) is 0 Å². The van der Waals surface area contributed by atoms with E-state index in [0.717, 1.165) is 16.7 Å². The van der Waals surface area contributed by atoms with Crippen molar-refractivity contribution in [3.8, 4) is 33.4 Å². The predicted molar refractivity (Wildman–Crippen MR) is 219 cm³/mol. The van der Waals surface area contributed by atoms with Gasteiger partial charge in [0.2, 0.25) is 0 Å². The Kier molecular flexibility index (Phi) is 11.9. The number of nitrogen functional groups attached to an aromatic ring is 1. The highest BCUT2D eigenvalue weighted by molar-refractivity contribution is 7.87. The molecular formula is C24H21N3S14. The summed E-state index contributed by atoms with van der Waals surface area (Å²) in [6, 6.07) is 5.88. The van der Waals surface area contributed by atoms with Crippen molar-refractivity contribution < 1.29 is 0 Å². The fourth-order valence-electron chi connectivity index (χ4n) is 4.20. The number of anilines is 3. The molecule has 4 aromatic carbocycles. The van der Waals surface area contributed by atoms with Gasteiger partial charge < -0.3 is 15.2 Å². The first kappa shape index (κ1) is 35.0. The fraction of sp³-hybridized carbons (Fsp3) is 0. The summed E-state index contributed by atoms with van der Waals surface area (Å²) < 4.78 is 5.63. The summed E-state index contributed by atoms with van der Waals surface area (Å²) in [7, 11) is 0. The van der Waals surface area contributed by atoms with Crippen molar-refractivity contribution in [1.82, 2.24) is 0 Å². The number of rotatable bonds is 5. The summed E-state index contributed by atoms with van der Waals surface area (Å²) >= 11 is 65.1. The van der Waals surface area contributed by atoms with Gasteiger partial charge in [-0.1, -0.05) is 25.6 Å². The van der Waals surface area contributed by atoms with Crippen LogP contribution in [0.25, 0.3) is 33.4 Å². The molecule has 41 heavy (non-hydrogen) atoms. The van der Waals surface area contributed by atoms with Crippen molar-refractivity contribution in [3.63, 3.8) is 0 Å². The van der Waals surface area contributed by atoms with Gasteiger partial charge in [-0.05, 0) is 34.9 Å². The second kappa shape index (κ2) is 13.9. The monoisotopic (exact) mass is 799 g/mol. The number of hydrogen-bond donors (Lipinski definition) is 17. The van der Waals surface area contributed by atoms with Crippen LogP contribution < -0.4 is 15.2 Å². The van der Waals surface area contributed by atoms with E-state index >= 15 is 0 Å². The SMILES string of the molecule is Nc1c(S)c(S)c(-c2cc(-c3c(S)c(S)c(NS)c(S)c3S)cc(-c3c(S)c(S)c(NS)c(S)c3S)c2)c(S)c1S. The Morgan fingerprint density at radius 2 is 0.585 bits per heavy atom. The van der Waals surface area contributed by atoms with E-state index in [1.54, 1.807) is 0 Å². The average molecular weight is 800 g/mol. The average Bonchev–Trinajstić information content (AvgIpc) is 2.94. The molecule has 4 aromatic rings. The first-order chi connectivity index (χ1) is 19.2. The largest absolute Gasteiger partial charge is 0.397 e. The van der Waals surface area contributed by atoms with Crippen LogP contribution in [-0.2, 0) is 0 Å². The number of hydrogen-bond acceptors (Lipinski definition) is 17. The van der Waals surface area contributed by atoms with Crippen LogP contribution in [0.4, 0.5) is 17.1 Å². The van der Waals surface area contributed by atoms with Crippen LogP contribution in [0.3, 0.4) is 0 Å². The van der Waals surface area contributed by atoms with Crippen LogP contribution in [-0.4, -0.2) is 0 Å². The summed E-state index contributed by atoms with van der Waals surface area (Å²) in [6.45, 7) is 0. The van der Waals surface area contributed by atoms with Gasteiger partial charge in [0.25, 0.3) is 0 Å².